The van der Waals surface area contributed by atoms with Crippen LogP contribution in [-0.2, 0) is 22.4 Å². The van der Waals surface area contributed by atoms with Crippen LogP contribution in [0.5, 0.6) is 11.5 Å². The largest absolute Gasteiger partial charge is 0.506 e. The van der Waals surface area contributed by atoms with Gasteiger partial charge in [-0.25, -0.2) is 4.79 Å². The number of phenols is 1. The summed E-state index contributed by atoms with van der Waals surface area (Å²) in [5.41, 5.74) is 10.5. The fourth-order valence-corrected chi connectivity index (χ4v) is 3.32. The predicted octanol–water partition coefficient (Wildman–Crippen LogP) is 3.02. The summed E-state index contributed by atoms with van der Waals surface area (Å²) < 4.78 is 5.89. The summed E-state index contributed by atoms with van der Waals surface area (Å²) in [6.07, 6.45) is 0.247. The number of carbonyl (C=O) groups is 2. The second-order valence-corrected chi connectivity index (χ2v) is 8.70. The van der Waals surface area contributed by atoms with Gasteiger partial charge in [-0.05, 0) is 65.2 Å². The molecule has 29 heavy (non-hydrogen) atoms. The quantitative estimate of drug-likeness (QED) is 0.349. The van der Waals surface area contributed by atoms with E-state index in [0.29, 0.717) is 15.6 Å². The third-order valence-electron chi connectivity index (χ3n) is 4.31. The molecule has 2 atom stereocenters. The maximum absolute atomic E-state index is 12.6. The number of hydrogen-bond donors (Lipinski definition) is 4. The number of nitrogens with two attached hydrogens (primary N) is 2. The number of rotatable bonds is 7. The van der Waals surface area contributed by atoms with E-state index in [0.717, 1.165) is 0 Å². The molecule has 2 rings (SSSR count). The number of aromatic hydroxyl groups is 1. The minimum absolute atomic E-state index is 0.0581. The highest BCUT2D eigenvalue weighted by Crippen LogP contribution is 2.29. The average molecular weight is 486 g/mol. The number of phenolic OH excluding ortho intramolecular Hbond substituents is 1. The highest BCUT2D eigenvalue weighted by molar-refractivity contribution is 9.10. The summed E-state index contributed by atoms with van der Waals surface area (Å²) in [6.45, 7) is 2.96. The molecule has 0 aliphatic carbocycles. The van der Waals surface area contributed by atoms with Gasteiger partial charge >= 0.3 is 11.9 Å². The molecule has 2 aromatic rings. The molecule has 156 valence electrons. The van der Waals surface area contributed by atoms with E-state index in [1.54, 1.807) is 24.3 Å². The number of benzene rings is 2. The Hall–Kier alpha value is -2.13. The maximum Gasteiger partial charge on any atom is 0.331 e. The molecule has 7 nitrogen and oxygen atoms in total. The minimum atomic E-state index is -1.42. The molecular weight excluding hydrogens is 464 g/mol. The lowest BCUT2D eigenvalue weighted by molar-refractivity contribution is -0.142. The van der Waals surface area contributed by atoms with Crippen molar-refractivity contribution in [3.63, 3.8) is 0 Å². The molecule has 0 aliphatic rings. The number of ether oxygens (including phenoxy) is 1. The van der Waals surface area contributed by atoms with Gasteiger partial charge in [0.1, 0.15) is 22.6 Å². The van der Waals surface area contributed by atoms with Crippen molar-refractivity contribution in [2.24, 2.45) is 11.5 Å². The lowest BCUT2D eigenvalue weighted by Gasteiger charge is -2.23. The molecule has 0 radical (unpaired) electrons. The second-order valence-electron chi connectivity index (χ2n) is 7.43. The lowest BCUT2D eigenvalue weighted by atomic mass is 9.93. The number of carbonyl (C=O) groups excluding carboxylic acids is 1. The summed E-state index contributed by atoms with van der Waals surface area (Å²) in [4.78, 5) is 23.8. The van der Waals surface area contributed by atoms with E-state index in [9.17, 15) is 14.7 Å². The van der Waals surface area contributed by atoms with Crippen LogP contribution < -0.4 is 16.2 Å². The van der Waals surface area contributed by atoms with Crippen molar-refractivity contribution in [2.75, 3.05) is 0 Å². The van der Waals surface area contributed by atoms with Crippen molar-refractivity contribution < 1.29 is 24.5 Å². The SMILES string of the molecule is C[C@](N)(Cc1ccc(OC(=O)[C@@](C)(N)Cc2ccc(O)c(Cl)c2)c(Br)c1)C(=O)O. The minimum Gasteiger partial charge on any atom is -0.506 e. The molecule has 0 aromatic heterocycles. The van der Waals surface area contributed by atoms with Gasteiger partial charge in [0.15, 0.2) is 0 Å². The molecule has 9 heteroatoms. The van der Waals surface area contributed by atoms with Gasteiger partial charge in [0.05, 0.1) is 9.50 Å². The summed E-state index contributed by atoms with van der Waals surface area (Å²) in [5, 5.41) is 18.8. The Balaban J connectivity index is 2.12. The molecule has 2 aromatic carbocycles. The van der Waals surface area contributed by atoms with Crippen molar-refractivity contribution in [3.8, 4) is 11.5 Å². The van der Waals surface area contributed by atoms with Gasteiger partial charge in [0, 0.05) is 12.8 Å². The van der Waals surface area contributed by atoms with Crippen molar-refractivity contribution in [3.05, 3.63) is 57.0 Å². The van der Waals surface area contributed by atoms with Gasteiger partial charge in [0.2, 0.25) is 0 Å². The standard InChI is InChI=1S/C20H22BrClN2O5/c1-19(23,17(26)27)9-11-4-6-16(13(21)7-11)29-18(28)20(2,24)10-12-3-5-15(25)14(22)8-12/h3-8,25H,9-10,23-24H2,1-2H3,(H,26,27)/t19-,20-/m0/s1. The van der Waals surface area contributed by atoms with Crippen molar-refractivity contribution in [1.82, 2.24) is 0 Å². The Morgan fingerprint density at radius 3 is 2.17 bits per heavy atom. The zero-order valence-electron chi connectivity index (χ0n) is 15.9. The van der Waals surface area contributed by atoms with E-state index in [-0.39, 0.29) is 29.4 Å². The van der Waals surface area contributed by atoms with Gasteiger partial charge in [0.25, 0.3) is 0 Å². The molecule has 0 heterocycles. The molecular formula is C20H22BrClN2O5. The summed E-state index contributed by atoms with van der Waals surface area (Å²) >= 11 is 9.21. The third-order valence-corrected chi connectivity index (χ3v) is 5.23. The highest BCUT2D eigenvalue weighted by Gasteiger charge is 2.32. The molecule has 0 bridgehead atoms. The van der Waals surface area contributed by atoms with Crippen LogP contribution in [0.25, 0.3) is 0 Å². The van der Waals surface area contributed by atoms with E-state index in [4.69, 9.17) is 32.9 Å². The van der Waals surface area contributed by atoms with Crippen LogP contribution in [-0.4, -0.2) is 33.2 Å². The van der Waals surface area contributed by atoms with Crippen LogP contribution in [0.3, 0.4) is 0 Å². The Morgan fingerprint density at radius 1 is 1.07 bits per heavy atom. The van der Waals surface area contributed by atoms with Gasteiger partial charge in [-0.2, -0.15) is 0 Å². The monoisotopic (exact) mass is 484 g/mol. The third kappa shape index (κ3) is 5.93. The van der Waals surface area contributed by atoms with E-state index in [2.05, 4.69) is 15.9 Å². The molecule has 0 unspecified atom stereocenters. The van der Waals surface area contributed by atoms with Crippen molar-refractivity contribution in [2.45, 2.75) is 37.8 Å². The number of esters is 1. The first-order chi connectivity index (χ1) is 13.3. The molecule has 0 saturated carbocycles. The van der Waals surface area contributed by atoms with Crippen LogP contribution in [0.4, 0.5) is 0 Å². The normalized spacial score (nSPS) is 15.2. The number of hydrogen-bond acceptors (Lipinski definition) is 6. The topological polar surface area (TPSA) is 136 Å². The molecule has 0 saturated heterocycles. The fourth-order valence-electron chi connectivity index (χ4n) is 2.61. The molecule has 0 aliphatic heterocycles. The Bertz CT molecular complexity index is 946. The molecule has 6 N–H and O–H groups in total. The van der Waals surface area contributed by atoms with Crippen LogP contribution in [0.15, 0.2) is 40.9 Å². The first-order valence-corrected chi connectivity index (χ1v) is 9.78. The molecule has 0 fully saturated rings. The number of halogens is 2. The van der Waals surface area contributed by atoms with Gasteiger partial charge in [-0.1, -0.05) is 23.7 Å². The first kappa shape index (κ1) is 23.2. The smallest absolute Gasteiger partial charge is 0.331 e. The van der Waals surface area contributed by atoms with Crippen molar-refractivity contribution in [1.29, 1.82) is 0 Å². The van der Waals surface area contributed by atoms with Gasteiger partial charge in [-0.15, -0.1) is 0 Å². The number of aliphatic carboxylic acids is 1. The lowest BCUT2D eigenvalue weighted by Crippen LogP contribution is -2.49. The summed E-state index contributed by atoms with van der Waals surface area (Å²) in [6, 6.07) is 9.40. The number of carboxylic acids is 1. The van der Waals surface area contributed by atoms with E-state index in [1.165, 1.54) is 26.0 Å². The Morgan fingerprint density at radius 2 is 1.62 bits per heavy atom. The fraction of sp³-hybridized carbons (Fsp3) is 0.300. The Labute approximate surface area is 181 Å². The summed E-state index contributed by atoms with van der Waals surface area (Å²) in [5.74, 6) is -1.59. The Kier molecular flexibility index (Phi) is 6.95. The second kappa shape index (κ2) is 8.71. The zero-order valence-corrected chi connectivity index (χ0v) is 18.3. The summed E-state index contributed by atoms with van der Waals surface area (Å²) in [7, 11) is 0. The van der Waals surface area contributed by atoms with Crippen molar-refractivity contribution >= 4 is 39.5 Å². The van der Waals surface area contributed by atoms with Gasteiger partial charge < -0.3 is 26.4 Å². The van der Waals surface area contributed by atoms with Crippen LogP contribution >= 0.6 is 27.5 Å². The van der Waals surface area contributed by atoms with Crippen LogP contribution in [0.2, 0.25) is 5.02 Å². The molecule has 0 spiro atoms. The maximum atomic E-state index is 12.6. The van der Waals surface area contributed by atoms with E-state index in [1.807, 2.05) is 0 Å². The number of carboxylic acid groups (broad SMARTS) is 1. The highest BCUT2D eigenvalue weighted by atomic mass is 79.9. The van der Waals surface area contributed by atoms with E-state index >= 15 is 0 Å². The van der Waals surface area contributed by atoms with Gasteiger partial charge in [-0.3, -0.25) is 4.79 Å². The predicted molar refractivity (Wildman–Crippen MR) is 113 cm³/mol. The molecule has 0 amide bonds. The first-order valence-electron chi connectivity index (χ1n) is 8.61. The van der Waals surface area contributed by atoms with Crippen LogP contribution in [0.1, 0.15) is 25.0 Å². The van der Waals surface area contributed by atoms with Crippen LogP contribution in [0, 0.1) is 0 Å². The zero-order chi connectivity index (χ0) is 22.0. The average Bonchev–Trinajstić information content (AvgIpc) is 2.59. The van der Waals surface area contributed by atoms with E-state index < -0.39 is 23.0 Å².